The van der Waals surface area contributed by atoms with Gasteiger partial charge in [-0.05, 0) is 31.9 Å². The number of hydrogen-bond acceptors (Lipinski definition) is 2. The van der Waals surface area contributed by atoms with Crippen molar-refractivity contribution < 1.29 is 4.79 Å². The van der Waals surface area contributed by atoms with Crippen LogP contribution >= 0.6 is 15.9 Å². The van der Waals surface area contributed by atoms with Crippen LogP contribution in [0.5, 0.6) is 0 Å². The van der Waals surface area contributed by atoms with Gasteiger partial charge in [0.05, 0.1) is 5.56 Å². The van der Waals surface area contributed by atoms with Crippen LogP contribution in [0.15, 0.2) is 18.3 Å². The summed E-state index contributed by atoms with van der Waals surface area (Å²) in [6, 6.07) is 3.78. The molecular formula is C12H17BrN2O. The molecule has 0 aliphatic rings. The summed E-state index contributed by atoms with van der Waals surface area (Å²) in [6.45, 7) is 6.00. The summed E-state index contributed by atoms with van der Waals surface area (Å²) in [5.41, 5.74) is 1.53. The summed E-state index contributed by atoms with van der Waals surface area (Å²) in [5, 5.41) is 3.83. The highest BCUT2D eigenvalue weighted by molar-refractivity contribution is 9.09. The molecule has 1 heterocycles. The lowest BCUT2D eigenvalue weighted by molar-refractivity contribution is 0.0931. The predicted molar refractivity (Wildman–Crippen MR) is 68.9 cm³/mol. The first-order valence-electron chi connectivity index (χ1n) is 5.34. The average Bonchev–Trinajstić information content (AvgIpc) is 2.28. The Morgan fingerprint density at radius 3 is 2.69 bits per heavy atom. The maximum absolute atomic E-state index is 11.8. The minimum Gasteiger partial charge on any atom is -0.349 e. The second kappa shape index (κ2) is 5.99. The van der Waals surface area contributed by atoms with E-state index in [0.29, 0.717) is 11.5 Å². The van der Waals surface area contributed by atoms with E-state index in [1.807, 2.05) is 19.9 Å². The number of carbonyl (C=O) groups excluding carboxylic acids is 1. The Morgan fingerprint density at radius 2 is 2.19 bits per heavy atom. The summed E-state index contributed by atoms with van der Waals surface area (Å²) in [6.07, 6.45) is 1.61. The van der Waals surface area contributed by atoms with Gasteiger partial charge in [0.1, 0.15) is 0 Å². The van der Waals surface area contributed by atoms with Crippen LogP contribution in [0.1, 0.15) is 29.9 Å². The molecule has 1 aromatic rings. The quantitative estimate of drug-likeness (QED) is 0.864. The second-order valence-corrected chi connectivity index (χ2v) is 4.73. The van der Waals surface area contributed by atoms with Gasteiger partial charge >= 0.3 is 0 Å². The van der Waals surface area contributed by atoms with Crippen molar-refractivity contribution in [3.05, 3.63) is 29.6 Å². The zero-order valence-electron chi connectivity index (χ0n) is 9.83. The van der Waals surface area contributed by atoms with Crippen LogP contribution in [0.4, 0.5) is 0 Å². The monoisotopic (exact) mass is 284 g/mol. The molecule has 0 bridgehead atoms. The maximum Gasteiger partial charge on any atom is 0.253 e. The van der Waals surface area contributed by atoms with Crippen molar-refractivity contribution in [2.75, 3.05) is 5.33 Å². The highest BCUT2D eigenvalue weighted by Gasteiger charge is 2.14. The number of aryl methyl sites for hydroxylation is 1. The van der Waals surface area contributed by atoms with Gasteiger partial charge in [0.15, 0.2) is 0 Å². The number of amides is 1. The normalized spacial score (nSPS) is 14.2. The summed E-state index contributed by atoms with van der Waals surface area (Å²) in [7, 11) is 0. The zero-order valence-corrected chi connectivity index (χ0v) is 11.4. The van der Waals surface area contributed by atoms with Crippen molar-refractivity contribution in [3.8, 4) is 0 Å². The smallest absolute Gasteiger partial charge is 0.253 e. The Labute approximate surface area is 105 Å². The second-order valence-electron chi connectivity index (χ2n) is 4.08. The van der Waals surface area contributed by atoms with Gasteiger partial charge in [-0.2, -0.15) is 0 Å². The van der Waals surface area contributed by atoms with Crippen molar-refractivity contribution in [1.29, 1.82) is 0 Å². The summed E-state index contributed by atoms with van der Waals surface area (Å²) < 4.78 is 0. The molecular weight excluding hydrogens is 268 g/mol. The molecule has 0 aliphatic carbocycles. The standard InChI is InChI=1S/C12H17BrN2O/c1-8(6-13)10(3)15-12(16)11-5-4-9(2)14-7-11/h4-5,7-8,10H,6H2,1-3H3,(H,15,16). The molecule has 1 aromatic heterocycles. The Morgan fingerprint density at radius 1 is 1.50 bits per heavy atom. The Hall–Kier alpha value is -0.900. The fraction of sp³-hybridized carbons (Fsp3) is 0.500. The van der Waals surface area contributed by atoms with E-state index in [-0.39, 0.29) is 11.9 Å². The van der Waals surface area contributed by atoms with Crippen LogP contribution in [-0.4, -0.2) is 22.3 Å². The third-order valence-electron chi connectivity index (χ3n) is 2.63. The van der Waals surface area contributed by atoms with Crippen molar-refractivity contribution in [2.24, 2.45) is 5.92 Å². The molecule has 0 radical (unpaired) electrons. The van der Waals surface area contributed by atoms with Gasteiger partial charge < -0.3 is 5.32 Å². The lowest BCUT2D eigenvalue weighted by Crippen LogP contribution is -2.37. The first-order chi connectivity index (χ1) is 7.54. The average molecular weight is 285 g/mol. The van der Waals surface area contributed by atoms with E-state index in [1.165, 1.54) is 0 Å². The van der Waals surface area contributed by atoms with E-state index in [0.717, 1.165) is 11.0 Å². The molecule has 0 fully saturated rings. The van der Waals surface area contributed by atoms with Crippen LogP contribution in [0, 0.1) is 12.8 Å². The summed E-state index contributed by atoms with van der Waals surface area (Å²) in [5.74, 6) is 0.343. The molecule has 1 N–H and O–H groups in total. The SMILES string of the molecule is Cc1ccc(C(=O)NC(C)C(C)CBr)cn1. The van der Waals surface area contributed by atoms with E-state index in [2.05, 4.69) is 33.2 Å². The molecule has 1 rings (SSSR count). The van der Waals surface area contributed by atoms with Crippen molar-refractivity contribution >= 4 is 21.8 Å². The molecule has 0 spiro atoms. The number of alkyl halides is 1. The van der Waals surface area contributed by atoms with Crippen molar-refractivity contribution in [3.63, 3.8) is 0 Å². The van der Waals surface area contributed by atoms with E-state index in [1.54, 1.807) is 12.3 Å². The fourth-order valence-electron chi connectivity index (χ4n) is 1.17. The van der Waals surface area contributed by atoms with E-state index in [9.17, 15) is 4.79 Å². The number of carbonyl (C=O) groups is 1. The molecule has 16 heavy (non-hydrogen) atoms. The van der Waals surface area contributed by atoms with Crippen molar-refractivity contribution in [1.82, 2.24) is 10.3 Å². The van der Waals surface area contributed by atoms with Crippen LogP contribution in [0.2, 0.25) is 0 Å². The first kappa shape index (κ1) is 13.2. The van der Waals surface area contributed by atoms with Gasteiger partial charge in [-0.15, -0.1) is 0 Å². The fourth-order valence-corrected chi connectivity index (χ4v) is 1.73. The van der Waals surface area contributed by atoms with Crippen LogP contribution in [-0.2, 0) is 0 Å². The van der Waals surface area contributed by atoms with Crippen LogP contribution < -0.4 is 5.32 Å². The van der Waals surface area contributed by atoms with Crippen molar-refractivity contribution in [2.45, 2.75) is 26.8 Å². The third kappa shape index (κ3) is 3.59. The number of nitrogens with zero attached hydrogens (tertiary/aromatic N) is 1. The molecule has 0 aliphatic heterocycles. The minimum absolute atomic E-state index is 0.0622. The number of hydrogen-bond donors (Lipinski definition) is 1. The lowest BCUT2D eigenvalue weighted by atomic mass is 10.1. The number of nitrogens with one attached hydrogen (secondary N) is 1. The first-order valence-corrected chi connectivity index (χ1v) is 6.46. The van der Waals surface area contributed by atoms with Crippen LogP contribution in [0.25, 0.3) is 0 Å². The summed E-state index contributed by atoms with van der Waals surface area (Å²) in [4.78, 5) is 15.9. The van der Waals surface area contributed by atoms with Gasteiger partial charge in [0.2, 0.25) is 0 Å². The lowest BCUT2D eigenvalue weighted by Gasteiger charge is -2.19. The zero-order chi connectivity index (χ0) is 12.1. The molecule has 4 heteroatoms. The number of halogens is 1. The Bertz CT molecular complexity index is 351. The van der Waals surface area contributed by atoms with E-state index in [4.69, 9.17) is 0 Å². The molecule has 88 valence electrons. The molecule has 0 saturated heterocycles. The molecule has 1 amide bonds. The van der Waals surface area contributed by atoms with E-state index < -0.39 is 0 Å². The number of pyridine rings is 1. The van der Waals surface area contributed by atoms with Crippen LogP contribution in [0.3, 0.4) is 0 Å². The van der Waals surface area contributed by atoms with Gasteiger partial charge in [-0.3, -0.25) is 9.78 Å². The minimum atomic E-state index is -0.0622. The van der Waals surface area contributed by atoms with Gasteiger partial charge in [0, 0.05) is 23.3 Å². The highest BCUT2D eigenvalue weighted by atomic mass is 79.9. The molecule has 0 saturated carbocycles. The topological polar surface area (TPSA) is 42.0 Å². The largest absolute Gasteiger partial charge is 0.349 e. The predicted octanol–water partition coefficient (Wildman–Crippen LogP) is 2.54. The maximum atomic E-state index is 11.8. The summed E-state index contributed by atoms with van der Waals surface area (Å²) >= 11 is 3.41. The number of aromatic nitrogens is 1. The van der Waals surface area contributed by atoms with Gasteiger partial charge in [-0.1, -0.05) is 22.9 Å². The van der Waals surface area contributed by atoms with E-state index >= 15 is 0 Å². The third-order valence-corrected chi connectivity index (χ3v) is 3.65. The van der Waals surface area contributed by atoms with Gasteiger partial charge in [-0.25, -0.2) is 0 Å². The molecule has 3 nitrogen and oxygen atoms in total. The molecule has 2 unspecified atom stereocenters. The van der Waals surface area contributed by atoms with Gasteiger partial charge in [0.25, 0.3) is 5.91 Å². The Kier molecular flexibility index (Phi) is 4.93. The number of rotatable bonds is 4. The molecule has 0 aromatic carbocycles. The molecule has 2 atom stereocenters. The highest BCUT2D eigenvalue weighted by Crippen LogP contribution is 2.07. The Balaban J connectivity index is 2.62.